The summed E-state index contributed by atoms with van der Waals surface area (Å²) in [7, 11) is 1.79. The summed E-state index contributed by atoms with van der Waals surface area (Å²) in [4.78, 5) is 15.1. The lowest BCUT2D eigenvalue weighted by Gasteiger charge is -2.31. The van der Waals surface area contributed by atoms with Crippen molar-refractivity contribution in [3.05, 3.63) is 33.9 Å². The van der Waals surface area contributed by atoms with Crippen molar-refractivity contribution in [1.29, 1.82) is 0 Å². The van der Waals surface area contributed by atoms with Crippen LogP contribution in [0.25, 0.3) is 0 Å². The van der Waals surface area contributed by atoms with E-state index >= 15 is 0 Å². The number of carbonyl (C=O) groups excluding carboxylic acids is 1. The maximum absolute atomic E-state index is 13.5. The fourth-order valence-electron chi connectivity index (χ4n) is 4.73. The van der Waals surface area contributed by atoms with Crippen LogP contribution in [0.15, 0.2) is 6.20 Å². The van der Waals surface area contributed by atoms with Gasteiger partial charge in [0.1, 0.15) is 6.54 Å². The van der Waals surface area contributed by atoms with Crippen LogP contribution in [0.4, 0.5) is 13.2 Å². The minimum absolute atomic E-state index is 0.190. The van der Waals surface area contributed by atoms with Crippen molar-refractivity contribution >= 4 is 17.5 Å². The second-order valence-electron chi connectivity index (χ2n) is 8.09. The second-order valence-corrected chi connectivity index (χ2v) is 8.50. The molecule has 0 aromatic carbocycles. The summed E-state index contributed by atoms with van der Waals surface area (Å²) in [6, 6.07) is -0.242. The van der Waals surface area contributed by atoms with Crippen LogP contribution in [0.1, 0.15) is 67.2 Å². The van der Waals surface area contributed by atoms with Gasteiger partial charge in [-0.1, -0.05) is 24.4 Å². The van der Waals surface area contributed by atoms with E-state index in [0.717, 1.165) is 37.8 Å². The monoisotopic (exact) mass is 443 g/mol. The molecule has 0 unspecified atom stereocenters. The highest BCUT2D eigenvalue weighted by molar-refractivity contribution is 6.31. The lowest BCUT2D eigenvalue weighted by Crippen LogP contribution is -2.38. The molecule has 1 saturated heterocycles. The molecule has 4 rings (SSSR count). The van der Waals surface area contributed by atoms with E-state index in [1.54, 1.807) is 22.8 Å². The minimum Gasteiger partial charge on any atom is -0.332 e. The van der Waals surface area contributed by atoms with Crippen molar-refractivity contribution in [1.82, 2.24) is 24.5 Å². The summed E-state index contributed by atoms with van der Waals surface area (Å²) in [5.41, 5.74) is 0.730. The van der Waals surface area contributed by atoms with Gasteiger partial charge in [0.2, 0.25) is 5.91 Å². The predicted molar refractivity (Wildman–Crippen MR) is 105 cm³/mol. The maximum atomic E-state index is 13.5. The first-order valence-electron chi connectivity index (χ1n) is 10.4. The molecule has 30 heavy (non-hydrogen) atoms. The molecule has 0 N–H and O–H groups in total. The molecule has 164 valence electrons. The first-order chi connectivity index (χ1) is 14.3. The minimum atomic E-state index is -4.51. The van der Waals surface area contributed by atoms with Crippen LogP contribution in [-0.2, 0) is 37.4 Å². The molecule has 2 aromatic rings. The number of nitrogens with zero attached hydrogens (tertiary/aromatic N) is 5. The van der Waals surface area contributed by atoms with Gasteiger partial charge >= 0.3 is 6.18 Å². The van der Waals surface area contributed by atoms with E-state index in [1.807, 2.05) is 0 Å². The molecule has 1 atom stereocenters. The maximum Gasteiger partial charge on any atom is 0.435 e. The molecule has 2 aromatic heterocycles. The number of hydrogen-bond acceptors (Lipinski definition) is 3. The number of amides is 1. The third-order valence-corrected chi connectivity index (χ3v) is 6.43. The summed E-state index contributed by atoms with van der Waals surface area (Å²) >= 11 is 6.35. The molecule has 1 fully saturated rings. The number of alkyl halides is 3. The highest BCUT2D eigenvalue weighted by atomic mass is 35.5. The highest BCUT2D eigenvalue weighted by Gasteiger charge is 2.40. The second kappa shape index (κ2) is 8.24. The van der Waals surface area contributed by atoms with Gasteiger partial charge in [0.25, 0.3) is 0 Å². The molecule has 6 nitrogen and oxygen atoms in total. The first kappa shape index (κ1) is 21.2. The Morgan fingerprint density at radius 3 is 2.67 bits per heavy atom. The fraction of sp³-hybridized carbons (Fsp3) is 0.650. The quantitative estimate of drug-likeness (QED) is 0.710. The number of aryl methyl sites for hydroxylation is 1. The van der Waals surface area contributed by atoms with Crippen LogP contribution in [0.2, 0.25) is 5.02 Å². The zero-order valence-corrected chi connectivity index (χ0v) is 17.6. The van der Waals surface area contributed by atoms with E-state index in [4.69, 9.17) is 11.6 Å². The molecule has 1 aliphatic carbocycles. The Balaban J connectivity index is 1.64. The van der Waals surface area contributed by atoms with Crippen LogP contribution in [0.5, 0.6) is 0 Å². The Kier molecular flexibility index (Phi) is 5.83. The lowest BCUT2D eigenvalue weighted by atomic mass is 9.95. The van der Waals surface area contributed by atoms with Gasteiger partial charge in [-0.3, -0.25) is 14.2 Å². The van der Waals surface area contributed by atoms with Crippen molar-refractivity contribution in [2.24, 2.45) is 7.05 Å². The molecule has 0 saturated carbocycles. The molecular weight excluding hydrogens is 419 g/mol. The van der Waals surface area contributed by atoms with Gasteiger partial charge in [-0.05, 0) is 38.5 Å². The molecule has 0 radical (unpaired) electrons. The van der Waals surface area contributed by atoms with Crippen LogP contribution < -0.4 is 0 Å². The van der Waals surface area contributed by atoms with E-state index in [-0.39, 0.29) is 24.1 Å². The van der Waals surface area contributed by atoms with Crippen LogP contribution in [-0.4, -0.2) is 36.9 Å². The highest BCUT2D eigenvalue weighted by Crippen LogP contribution is 2.37. The zero-order valence-electron chi connectivity index (χ0n) is 16.9. The van der Waals surface area contributed by atoms with E-state index in [1.165, 1.54) is 4.68 Å². The van der Waals surface area contributed by atoms with Gasteiger partial charge in [0.15, 0.2) is 5.69 Å². The summed E-state index contributed by atoms with van der Waals surface area (Å²) in [6.07, 6.45) is 2.98. The number of hydrogen-bond donors (Lipinski definition) is 0. The lowest BCUT2D eigenvalue weighted by molar-refractivity contribution is -0.143. The van der Waals surface area contributed by atoms with Crippen LogP contribution in [0, 0.1) is 0 Å². The molecule has 10 heteroatoms. The van der Waals surface area contributed by atoms with E-state index in [9.17, 15) is 18.0 Å². The number of rotatable bonds is 3. The number of aromatic nitrogens is 4. The number of likely N-dealkylation sites (tertiary alicyclic amines) is 1. The molecule has 2 aliphatic rings. The van der Waals surface area contributed by atoms with E-state index in [2.05, 4.69) is 10.2 Å². The molecule has 1 amide bonds. The van der Waals surface area contributed by atoms with Gasteiger partial charge in [0.05, 0.1) is 23.0 Å². The van der Waals surface area contributed by atoms with Gasteiger partial charge in [-0.2, -0.15) is 23.4 Å². The topological polar surface area (TPSA) is 56.0 Å². The Morgan fingerprint density at radius 2 is 1.97 bits per heavy atom. The summed E-state index contributed by atoms with van der Waals surface area (Å²) in [6.45, 7) is 0.352. The van der Waals surface area contributed by atoms with Gasteiger partial charge in [-0.25, -0.2) is 0 Å². The van der Waals surface area contributed by atoms with Crippen molar-refractivity contribution in [3.8, 4) is 0 Å². The molecule has 0 bridgehead atoms. The van der Waals surface area contributed by atoms with Gasteiger partial charge < -0.3 is 4.90 Å². The summed E-state index contributed by atoms with van der Waals surface area (Å²) < 4.78 is 43.4. The number of fused-ring (bicyclic) bond motifs is 1. The van der Waals surface area contributed by atoms with Crippen molar-refractivity contribution in [3.63, 3.8) is 0 Å². The van der Waals surface area contributed by atoms with Crippen molar-refractivity contribution in [2.45, 2.75) is 70.1 Å². The predicted octanol–water partition coefficient (Wildman–Crippen LogP) is 4.31. The Morgan fingerprint density at radius 1 is 1.20 bits per heavy atom. The largest absolute Gasteiger partial charge is 0.435 e. The van der Waals surface area contributed by atoms with Crippen LogP contribution in [0.3, 0.4) is 0 Å². The molecule has 0 spiro atoms. The molecule has 3 heterocycles. The average Bonchev–Trinajstić information content (AvgIpc) is 3.12. The summed E-state index contributed by atoms with van der Waals surface area (Å²) in [5, 5.41) is 8.53. The number of carbonyl (C=O) groups is 1. The Hall–Kier alpha value is -2.03. The fourth-order valence-corrected chi connectivity index (χ4v) is 5.03. The first-order valence-corrected chi connectivity index (χ1v) is 10.8. The van der Waals surface area contributed by atoms with Crippen molar-refractivity contribution in [2.75, 3.05) is 6.54 Å². The number of halogens is 4. The van der Waals surface area contributed by atoms with Crippen molar-refractivity contribution < 1.29 is 18.0 Å². The van der Waals surface area contributed by atoms with Gasteiger partial charge in [-0.15, -0.1) is 0 Å². The summed E-state index contributed by atoms with van der Waals surface area (Å²) in [5.74, 6) is -0.233. The van der Waals surface area contributed by atoms with Gasteiger partial charge in [0, 0.05) is 24.8 Å². The normalized spacial score (nSPS) is 20.2. The Labute approximate surface area is 178 Å². The standard InChI is InChI=1S/C20H25ClF3N5O/c1-27-18(14(21)11-25-27)16-9-3-2-6-10-28(16)17(30)12-29-15-8-5-4-7-13(15)19(26-29)20(22,23)24/h11,16H,2-10,12H2,1H3/t16-/m0/s1. The molecular formula is C20H25ClF3N5O. The van der Waals surface area contributed by atoms with E-state index < -0.39 is 11.9 Å². The zero-order chi connectivity index (χ0) is 21.5. The Bertz CT molecular complexity index is 916. The van der Waals surface area contributed by atoms with E-state index in [0.29, 0.717) is 36.5 Å². The SMILES string of the molecule is Cn1ncc(Cl)c1[C@@H]1CCCCCN1C(=O)Cn1nc(C(F)(F)F)c2c1CCCC2. The third-order valence-electron chi connectivity index (χ3n) is 6.14. The average molecular weight is 444 g/mol. The smallest absolute Gasteiger partial charge is 0.332 e. The van der Waals surface area contributed by atoms with Crippen LogP contribution >= 0.6 is 11.6 Å². The molecule has 1 aliphatic heterocycles. The third kappa shape index (κ3) is 3.96.